The van der Waals surface area contributed by atoms with Gasteiger partial charge in [-0.25, -0.2) is 4.98 Å². The van der Waals surface area contributed by atoms with Crippen molar-refractivity contribution in [2.45, 2.75) is 51.5 Å². The fourth-order valence-electron chi connectivity index (χ4n) is 3.22. The number of thiazole rings is 1. The van der Waals surface area contributed by atoms with Gasteiger partial charge in [0, 0.05) is 31.1 Å². The van der Waals surface area contributed by atoms with Crippen molar-refractivity contribution in [3.63, 3.8) is 0 Å². The first-order chi connectivity index (χ1) is 9.95. The monoisotopic (exact) mass is 307 g/mol. The van der Waals surface area contributed by atoms with Crippen molar-refractivity contribution < 1.29 is 4.79 Å². The predicted octanol–water partition coefficient (Wildman–Crippen LogP) is 2.75. The highest BCUT2D eigenvalue weighted by molar-refractivity contribution is 7.13. The number of amides is 1. The fourth-order valence-corrected chi connectivity index (χ4v) is 4.16. The number of aromatic nitrogens is 1. The first kappa shape index (κ1) is 15.0. The molecule has 2 fully saturated rings. The molecule has 2 aliphatic rings. The van der Waals surface area contributed by atoms with Gasteiger partial charge in [0.1, 0.15) is 4.88 Å². The zero-order valence-electron chi connectivity index (χ0n) is 13.3. The Labute approximate surface area is 131 Å². The predicted molar refractivity (Wildman–Crippen MR) is 85.9 cm³/mol. The Morgan fingerprint density at radius 3 is 2.81 bits per heavy atom. The van der Waals surface area contributed by atoms with E-state index in [0.717, 1.165) is 29.5 Å². The zero-order chi connectivity index (χ0) is 15.0. The molecule has 1 atom stereocenters. The maximum absolute atomic E-state index is 12.7. The molecule has 0 radical (unpaired) electrons. The molecule has 0 N–H and O–H groups in total. The topological polar surface area (TPSA) is 36.4 Å². The number of fused-ring (bicyclic) bond motifs is 1. The lowest BCUT2D eigenvalue weighted by Crippen LogP contribution is -2.56. The largest absolute Gasteiger partial charge is 0.335 e. The number of carbonyl (C=O) groups is 1. The molecule has 0 bridgehead atoms. The third-order valence-electron chi connectivity index (χ3n) is 4.48. The van der Waals surface area contributed by atoms with Crippen LogP contribution in [0.2, 0.25) is 0 Å². The second kappa shape index (κ2) is 5.69. The summed E-state index contributed by atoms with van der Waals surface area (Å²) in [6.07, 6.45) is 5.62. The van der Waals surface area contributed by atoms with Crippen molar-refractivity contribution in [1.29, 1.82) is 0 Å². The van der Waals surface area contributed by atoms with Gasteiger partial charge < -0.3 is 4.90 Å². The SMILES string of the molecule is CC(C)(C)c1ncc(C(=O)N2CCN3CCCC[C@H]3C2)s1. The van der Waals surface area contributed by atoms with Crippen molar-refractivity contribution in [3.05, 3.63) is 16.1 Å². The van der Waals surface area contributed by atoms with Crippen molar-refractivity contribution in [3.8, 4) is 0 Å². The highest BCUT2D eigenvalue weighted by Gasteiger charge is 2.32. The third kappa shape index (κ3) is 3.14. The number of rotatable bonds is 1. The molecule has 5 heteroatoms. The van der Waals surface area contributed by atoms with Crippen molar-refractivity contribution in [2.75, 3.05) is 26.2 Å². The van der Waals surface area contributed by atoms with E-state index in [9.17, 15) is 4.79 Å². The fraction of sp³-hybridized carbons (Fsp3) is 0.750. The van der Waals surface area contributed by atoms with E-state index >= 15 is 0 Å². The molecule has 0 unspecified atom stereocenters. The van der Waals surface area contributed by atoms with Crippen LogP contribution in [0.25, 0.3) is 0 Å². The summed E-state index contributed by atoms with van der Waals surface area (Å²) in [6.45, 7) is 10.4. The molecule has 1 amide bonds. The molecule has 0 spiro atoms. The minimum Gasteiger partial charge on any atom is -0.335 e. The molecule has 2 saturated heterocycles. The minimum atomic E-state index is 0.0191. The van der Waals surface area contributed by atoms with Crippen LogP contribution in [-0.2, 0) is 5.41 Å². The first-order valence-corrected chi connectivity index (χ1v) is 8.76. The summed E-state index contributed by atoms with van der Waals surface area (Å²) in [7, 11) is 0. The average Bonchev–Trinajstić information content (AvgIpc) is 2.96. The highest BCUT2D eigenvalue weighted by Crippen LogP contribution is 2.28. The van der Waals surface area contributed by atoms with Gasteiger partial charge in [0.05, 0.1) is 11.2 Å². The first-order valence-electron chi connectivity index (χ1n) is 7.95. The van der Waals surface area contributed by atoms with E-state index in [4.69, 9.17) is 0 Å². The van der Waals surface area contributed by atoms with Gasteiger partial charge in [-0.15, -0.1) is 11.3 Å². The van der Waals surface area contributed by atoms with Gasteiger partial charge in [-0.3, -0.25) is 9.69 Å². The zero-order valence-corrected chi connectivity index (χ0v) is 14.1. The smallest absolute Gasteiger partial charge is 0.265 e. The molecule has 0 aliphatic carbocycles. The summed E-state index contributed by atoms with van der Waals surface area (Å²) >= 11 is 1.56. The molecular weight excluding hydrogens is 282 g/mol. The maximum Gasteiger partial charge on any atom is 0.265 e. The summed E-state index contributed by atoms with van der Waals surface area (Å²) in [5, 5.41) is 1.04. The van der Waals surface area contributed by atoms with Gasteiger partial charge in [-0.1, -0.05) is 27.2 Å². The lowest BCUT2D eigenvalue weighted by molar-refractivity contribution is 0.0376. The van der Waals surface area contributed by atoms with Crippen molar-refractivity contribution in [2.24, 2.45) is 0 Å². The maximum atomic E-state index is 12.7. The summed E-state index contributed by atoms with van der Waals surface area (Å²) in [6, 6.07) is 0.575. The molecule has 21 heavy (non-hydrogen) atoms. The number of piperidine rings is 1. The van der Waals surface area contributed by atoms with E-state index in [1.54, 1.807) is 17.5 Å². The molecule has 3 rings (SSSR count). The Morgan fingerprint density at radius 1 is 1.29 bits per heavy atom. The molecule has 1 aromatic heterocycles. The quantitative estimate of drug-likeness (QED) is 0.800. The van der Waals surface area contributed by atoms with Crippen LogP contribution in [0.4, 0.5) is 0 Å². The summed E-state index contributed by atoms with van der Waals surface area (Å²) in [5.74, 6) is 0.174. The van der Waals surface area contributed by atoms with Gasteiger partial charge in [0.15, 0.2) is 0 Å². The summed E-state index contributed by atoms with van der Waals surface area (Å²) < 4.78 is 0. The van der Waals surface area contributed by atoms with Gasteiger partial charge >= 0.3 is 0 Å². The van der Waals surface area contributed by atoms with Crippen LogP contribution in [0, 0.1) is 0 Å². The standard InChI is InChI=1S/C16H25N3OS/c1-16(2,3)15-17-10-13(21-15)14(20)19-9-8-18-7-5-4-6-12(18)11-19/h10,12H,4-9,11H2,1-3H3/t12-/m0/s1. The van der Waals surface area contributed by atoms with E-state index in [1.807, 2.05) is 4.90 Å². The lowest BCUT2D eigenvalue weighted by atomic mass is 9.98. The van der Waals surface area contributed by atoms with Crippen LogP contribution in [0.5, 0.6) is 0 Å². The number of nitrogens with zero attached hydrogens (tertiary/aromatic N) is 3. The minimum absolute atomic E-state index is 0.0191. The normalized spacial score (nSPS) is 24.0. The van der Waals surface area contributed by atoms with E-state index in [0.29, 0.717) is 6.04 Å². The van der Waals surface area contributed by atoms with E-state index in [-0.39, 0.29) is 11.3 Å². The Bertz CT molecular complexity index is 520. The number of carbonyl (C=O) groups excluding carboxylic acids is 1. The lowest BCUT2D eigenvalue weighted by Gasteiger charge is -2.43. The van der Waals surface area contributed by atoms with Gasteiger partial charge in [0.2, 0.25) is 0 Å². The molecule has 4 nitrogen and oxygen atoms in total. The molecule has 0 aromatic carbocycles. The molecular formula is C16H25N3OS. The van der Waals surface area contributed by atoms with Crippen LogP contribution in [0.15, 0.2) is 6.20 Å². The average molecular weight is 307 g/mol. The number of hydrogen-bond donors (Lipinski definition) is 0. The molecule has 1 aromatic rings. The van der Waals surface area contributed by atoms with Crippen molar-refractivity contribution in [1.82, 2.24) is 14.8 Å². The second-order valence-electron chi connectivity index (χ2n) is 7.22. The summed E-state index contributed by atoms with van der Waals surface area (Å²) in [4.78, 5) is 22.5. The van der Waals surface area contributed by atoms with E-state index in [2.05, 4.69) is 30.7 Å². The van der Waals surface area contributed by atoms with E-state index < -0.39 is 0 Å². The van der Waals surface area contributed by atoms with Gasteiger partial charge in [-0.05, 0) is 19.4 Å². The van der Waals surface area contributed by atoms with Crippen LogP contribution >= 0.6 is 11.3 Å². The molecule has 3 heterocycles. The molecule has 0 saturated carbocycles. The van der Waals surface area contributed by atoms with Gasteiger partial charge in [-0.2, -0.15) is 0 Å². The van der Waals surface area contributed by atoms with E-state index in [1.165, 1.54) is 25.8 Å². The second-order valence-corrected chi connectivity index (χ2v) is 8.25. The van der Waals surface area contributed by atoms with Crippen LogP contribution in [0.3, 0.4) is 0 Å². The van der Waals surface area contributed by atoms with Crippen LogP contribution in [0.1, 0.15) is 54.7 Å². The Hall–Kier alpha value is -0.940. The number of hydrogen-bond acceptors (Lipinski definition) is 4. The van der Waals surface area contributed by atoms with Crippen LogP contribution < -0.4 is 0 Å². The molecule has 116 valence electrons. The molecule has 2 aliphatic heterocycles. The van der Waals surface area contributed by atoms with Gasteiger partial charge in [0.25, 0.3) is 5.91 Å². The Balaban J connectivity index is 1.69. The van der Waals surface area contributed by atoms with Crippen molar-refractivity contribution >= 4 is 17.2 Å². The van der Waals surface area contributed by atoms with Crippen LogP contribution in [-0.4, -0.2) is 52.9 Å². The third-order valence-corrected chi connectivity index (χ3v) is 5.89. The summed E-state index contributed by atoms with van der Waals surface area (Å²) in [5.41, 5.74) is 0.0191. The number of piperazine rings is 1. The Kier molecular flexibility index (Phi) is 4.06. The highest BCUT2D eigenvalue weighted by atomic mass is 32.1. The Morgan fingerprint density at radius 2 is 2.10 bits per heavy atom.